The second-order valence-corrected chi connectivity index (χ2v) is 5.25. The van der Waals surface area contributed by atoms with E-state index in [4.69, 9.17) is 15.2 Å². The number of methoxy groups -OCH3 is 1. The molecule has 0 saturated carbocycles. The van der Waals surface area contributed by atoms with Crippen LogP contribution in [0.3, 0.4) is 0 Å². The molecule has 0 unspecified atom stereocenters. The summed E-state index contributed by atoms with van der Waals surface area (Å²) >= 11 is 1.67. The topological polar surface area (TPSA) is 61.5 Å². The molecule has 0 saturated heterocycles. The van der Waals surface area contributed by atoms with Crippen LogP contribution in [0, 0.1) is 0 Å². The first-order valence-corrected chi connectivity index (χ1v) is 6.78. The van der Waals surface area contributed by atoms with Crippen LogP contribution < -0.4 is 5.73 Å². The predicted molar refractivity (Wildman–Crippen MR) is 67.6 cm³/mol. The third-order valence-electron chi connectivity index (χ3n) is 2.44. The van der Waals surface area contributed by atoms with Crippen molar-refractivity contribution in [2.24, 2.45) is 5.73 Å². The molecule has 0 aliphatic rings. The quantitative estimate of drug-likeness (QED) is 0.659. The van der Waals surface area contributed by atoms with Crippen LogP contribution in [-0.4, -0.2) is 43.3 Å². The van der Waals surface area contributed by atoms with Crippen molar-refractivity contribution in [1.82, 2.24) is 0 Å². The minimum atomic E-state index is -0.502. The highest BCUT2D eigenvalue weighted by atomic mass is 32.2. The van der Waals surface area contributed by atoms with Crippen LogP contribution in [0.5, 0.6) is 0 Å². The van der Waals surface area contributed by atoms with Crippen LogP contribution in [0.1, 0.15) is 26.7 Å². The molecule has 16 heavy (non-hydrogen) atoms. The molecule has 96 valence electrons. The Hall–Kier alpha value is -0.260. The summed E-state index contributed by atoms with van der Waals surface area (Å²) in [6, 6.07) is -0.502. The smallest absolute Gasteiger partial charge is 0.322 e. The van der Waals surface area contributed by atoms with Crippen molar-refractivity contribution >= 4 is 17.7 Å². The molecule has 0 rings (SSSR count). The average Bonchev–Trinajstić information content (AvgIpc) is 2.25. The van der Waals surface area contributed by atoms with E-state index in [9.17, 15) is 4.79 Å². The normalized spacial score (nSPS) is 13.6. The molecular weight excluding hydrogens is 226 g/mol. The zero-order valence-electron chi connectivity index (χ0n) is 10.6. The minimum absolute atomic E-state index is 0.260. The first-order chi connectivity index (χ1) is 7.43. The highest BCUT2D eigenvalue weighted by molar-refractivity contribution is 7.98. The third kappa shape index (κ3) is 7.09. The molecule has 0 heterocycles. The number of carbonyl (C=O) groups excluding carboxylic acids is 1. The SMILES string of the molecule is COC(C)(C)CCOC(=O)[C@H](N)CCSC. The van der Waals surface area contributed by atoms with Gasteiger partial charge in [0.2, 0.25) is 0 Å². The molecule has 0 aliphatic carbocycles. The summed E-state index contributed by atoms with van der Waals surface area (Å²) in [5.41, 5.74) is 5.41. The van der Waals surface area contributed by atoms with Crippen molar-refractivity contribution in [3.8, 4) is 0 Å². The Kier molecular flexibility index (Phi) is 7.80. The number of hydrogen-bond acceptors (Lipinski definition) is 5. The van der Waals surface area contributed by atoms with Crippen LogP contribution in [0.2, 0.25) is 0 Å². The van der Waals surface area contributed by atoms with Gasteiger partial charge in [0, 0.05) is 13.5 Å². The van der Waals surface area contributed by atoms with E-state index >= 15 is 0 Å². The van der Waals surface area contributed by atoms with Gasteiger partial charge in [-0.2, -0.15) is 11.8 Å². The van der Waals surface area contributed by atoms with Crippen molar-refractivity contribution in [3.63, 3.8) is 0 Å². The maximum Gasteiger partial charge on any atom is 0.322 e. The first kappa shape index (κ1) is 15.7. The largest absolute Gasteiger partial charge is 0.464 e. The number of thioether (sulfide) groups is 1. The van der Waals surface area contributed by atoms with Crippen molar-refractivity contribution in [3.05, 3.63) is 0 Å². The fraction of sp³-hybridized carbons (Fsp3) is 0.909. The maximum atomic E-state index is 11.4. The van der Waals surface area contributed by atoms with Gasteiger partial charge in [-0.15, -0.1) is 0 Å². The number of hydrogen-bond donors (Lipinski definition) is 1. The summed E-state index contributed by atoms with van der Waals surface area (Å²) < 4.78 is 10.3. The fourth-order valence-electron chi connectivity index (χ4n) is 0.969. The molecule has 0 aromatic heterocycles. The van der Waals surface area contributed by atoms with Crippen LogP contribution in [-0.2, 0) is 14.3 Å². The number of carbonyl (C=O) groups is 1. The average molecular weight is 249 g/mol. The molecule has 0 aromatic rings. The molecular formula is C11H23NO3S. The van der Waals surface area contributed by atoms with E-state index in [0.29, 0.717) is 19.4 Å². The van der Waals surface area contributed by atoms with Gasteiger partial charge in [-0.3, -0.25) is 4.79 Å². The molecule has 0 aromatic carbocycles. The van der Waals surface area contributed by atoms with Crippen molar-refractivity contribution in [1.29, 1.82) is 0 Å². The summed E-state index contributed by atoms with van der Waals surface area (Å²) in [5.74, 6) is 0.556. The molecule has 0 amide bonds. The summed E-state index contributed by atoms with van der Waals surface area (Å²) in [7, 11) is 1.64. The summed E-state index contributed by atoms with van der Waals surface area (Å²) in [6.45, 7) is 4.26. The maximum absolute atomic E-state index is 11.4. The van der Waals surface area contributed by atoms with Gasteiger partial charge in [0.25, 0.3) is 0 Å². The Balaban J connectivity index is 3.72. The van der Waals surface area contributed by atoms with Gasteiger partial charge in [-0.05, 0) is 32.3 Å². The van der Waals surface area contributed by atoms with Gasteiger partial charge in [0.05, 0.1) is 12.2 Å². The molecule has 0 spiro atoms. The number of nitrogens with two attached hydrogens (primary N) is 1. The Morgan fingerprint density at radius 2 is 2.12 bits per heavy atom. The van der Waals surface area contributed by atoms with E-state index in [2.05, 4.69) is 0 Å². The van der Waals surface area contributed by atoms with Crippen LogP contribution >= 0.6 is 11.8 Å². The Labute approximate surface area is 102 Å². The zero-order chi connectivity index (χ0) is 12.6. The zero-order valence-corrected chi connectivity index (χ0v) is 11.4. The van der Waals surface area contributed by atoms with E-state index in [-0.39, 0.29) is 11.6 Å². The highest BCUT2D eigenvalue weighted by Crippen LogP contribution is 2.12. The van der Waals surface area contributed by atoms with Crippen molar-refractivity contribution in [2.75, 3.05) is 25.7 Å². The lowest BCUT2D eigenvalue weighted by molar-refractivity contribution is -0.146. The Bertz CT molecular complexity index is 209. The Morgan fingerprint density at radius 3 is 2.62 bits per heavy atom. The Morgan fingerprint density at radius 1 is 1.50 bits per heavy atom. The van der Waals surface area contributed by atoms with E-state index in [0.717, 1.165) is 5.75 Å². The van der Waals surface area contributed by atoms with Crippen molar-refractivity contribution < 1.29 is 14.3 Å². The summed E-state index contributed by atoms with van der Waals surface area (Å²) in [5, 5.41) is 0. The van der Waals surface area contributed by atoms with E-state index in [1.165, 1.54) is 0 Å². The standard InChI is InChI=1S/C11H23NO3S/c1-11(2,14-3)6-7-15-10(13)9(12)5-8-16-4/h9H,5-8,12H2,1-4H3/t9-/m1/s1. The lowest BCUT2D eigenvalue weighted by Gasteiger charge is -2.22. The monoisotopic (exact) mass is 249 g/mol. The number of esters is 1. The van der Waals surface area contributed by atoms with Crippen LogP contribution in [0.25, 0.3) is 0 Å². The first-order valence-electron chi connectivity index (χ1n) is 5.39. The van der Waals surface area contributed by atoms with Crippen molar-refractivity contribution in [2.45, 2.75) is 38.3 Å². The minimum Gasteiger partial charge on any atom is -0.464 e. The van der Waals surface area contributed by atoms with Gasteiger partial charge in [0.15, 0.2) is 0 Å². The third-order valence-corrected chi connectivity index (χ3v) is 3.08. The van der Waals surface area contributed by atoms with Gasteiger partial charge in [0.1, 0.15) is 6.04 Å². The van der Waals surface area contributed by atoms with Gasteiger partial charge < -0.3 is 15.2 Å². The van der Waals surface area contributed by atoms with E-state index < -0.39 is 6.04 Å². The van der Waals surface area contributed by atoms with E-state index in [1.54, 1.807) is 18.9 Å². The van der Waals surface area contributed by atoms with Gasteiger partial charge >= 0.3 is 5.97 Å². The van der Waals surface area contributed by atoms with Crippen LogP contribution in [0.15, 0.2) is 0 Å². The fourth-order valence-corrected chi connectivity index (χ4v) is 1.46. The molecule has 0 bridgehead atoms. The number of ether oxygens (including phenoxy) is 2. The second-order valence-electron chi connectivity index (χ2n) is 4.27. The highest BCUT2D eigenvalue weighted by Gasteiger charge is 2.19. The summed E-state index contributed by atoms with van der Waals surface area (Å²) in [4.78, 5) is 11.4. The predicted octanol–water partition coefficient (Wildman–Crippen LogP) is 1.43. The molecule has 4 nitrogen and oxygen atoms in total. The molecule has 1 atom stereocenters. The summed E-state index contributed by atoms with van der Waals surface area (Å²) in [6.07, 6.45) is 3.32. The molecule has 5 heteroatoms. The second kappa shape index (κ2) is 7.92. The lowest BCUT2D eigenvalue weighted by atomic mass is 10.1. The molecule has 0 fully saturated rings. The lowest BCUT2D eigenvalue weighted by Crippen LogP contribution is -2.34. The molecule has 2 N–H and O–H groups in total. The van der Waals surface area contributed by atoms with E-state index in [1.807, 2.05) is 20.1 Å². The van der Waals surface area contributed by atoms with Gasteiger partial charge in [-0.25, -0.2) is 0 Å². The molecule has 0 radical (unpaired) electrons. The number of rotatable bonds is 8. The van der Waals surface area contributed by atoms with Gasteiger partial charge in [-0.1, -0.05) is 0 Å². The molecule has 0 aliphatic heterocycles. The van der Waals surface area contributed by atoms with Crippen LogP contribution in [0.4, 0.5) is 0 Å².